The Morgan fingerprint density at radius 1 is 1.17 bits per heavy atom. The third-order valence-electron chi connectivity index (χ3n) is 4.48. The lowest BCUT2D eigenvalue weighted by Gasteiger charge is -2.24. The van der Waals surface area contributed by atoms with Crippen molar-refractivity contribution in [2.75, 3.05) is 25.0 Å². The maximum Gasteiger partial charge on any atom is 0.434 e. The lowest BCUT2D eigenvalue weighted by Crippen LogP contribution is -2.33. The van der Waals surface area contributed by atoms with Crippen LogP contribution in [0.3, 0.4) is 0 Å². The molecule has 0 spiro atoms. The van der Waals surface area contributed by atoms with E-state index in [-0.39, 0.29) is 17.5 Å². The second kappa shape index (κ2) is 8.20. The van der Waals surface area contributed by atoms with Gasteiger partial charge >= 0.3 is 6.18 Å². The molecule has 156 valence electrons. The summed E-state index contributed by atoms with van der Waals surface area (Å²) in [6, 6.07) is 7.32. The van der Waals surface area contributed by atoms with Gasteiger partial charge in [0.05, 0.1) is 36.9 Å². The zero-order valence-corrected chi connectivity index (χ0v) is 15.6. The number of halogens is 3. The average molecular weight is 418 g/mol. The number of nitrogens with one attached hydrogen (secondary N) is 2. The first kappa shape index (κ1) is 20.0. The number of ether oxygens (including phenoxy) is 1. The van der Waals surface area contributed by atoms with Crippen molar-refractivity contribution in [3.8, 4) is 5.82 Å². The van der Waals surface area contributed by atoms with Crippen LogP contribution in [0.4, 0.5) is 18.9 Å². The predicted octanol–water partition coefficient (Wildman–Crippen LogP) is 2.59. The van der Waals surface area contributed by atoms with Crippen molar-refractivity contribution in [1.29, 1.82) is 0 Å². The molecule has 3 heterocycles. The molecule has 1 atom stereocenters. The highest BCUT2D eigenvalue weighted by Gasteiger charge is 2.32. The number of amides is 1. The molecule has 30 heavy (non-hydrogen) atoms. The first-order chi connectivity index (χ1) is 14.4. The molecule has 1 aromatic carbocycles. The minimum atomic E-state index is -4.57. The van der Waals surface area contributed by atoms with E-state index in [1.165, 1.54) is 17.1 Å². The van der Waals surface area contributed by atoms with Crippen molar-refractivity contribution in [1.82, 2.24) is 25.1 Å². The molecule has 1 fully saturated rings. The fourth-order valence-corrected chi connectivity index (χ4v) is 2.92. The minimum absolute atomic E-state index is 0.0217. The van der Waals surface area contributed by atoms with Crippen LogP contribution < -0.4 is 10.6 Å². The highest BCUT2D eigenvalue weighted by atomic mass is 19.4. The molecular weight excluding hydrogens is 401 g/mol. The molecule has 0 bridgehead atoms. The number of morpholine rings is 1. The molecule has 2 N–H and O–H groups in total. The van der Waals surface area contributed by atoms with E-state index in [9.17, 15) is 18.0 Å². The Labute approximate surface area is 169 Å². The Kier molecular flexibility index (Phi) is 5.46. The third kappa shape index (κ3) is 4.47. The fraction of sp³-hybridized carbons (Fsp3) is 0.263. The van der Waals surface area contributed by atoms with Gasteiger partial charge in [0.25, 0.3) is 5.91 Å². The van der Waals surface area contributed by atoms with E-state index in [1.54, 1.807) is 12.1 Å². The maximum absolute atomic E-state index is 12.6. The van der Waals surface area contributed by atoms with Gasteiger partial charge in [-0.2, -0.15) is 18.3 Å². The van der Waals surface area contributed by atoms with E-state index in [1.807, 2.05) is 12.1 Å². The molecule has 1 aliphatic rings. The zero-order chi connectivity index (χ0) is 21.1. The van der Waals surface area contributed by atoms with Gasteiger partial charge in [-0.15, -0.1) is 0 Å². The van der Waals surface area contributed by atoms with Crippen molar-refractivity contribution in [2.24, 2.45) is 0 Å². The number of carbonyl (C=O) groups excluding carboxylic acids is 1. The van der Waals surface area contributed by atoms with Crippen molar-refractivity contribution in [2.45, 2.75) is 12.3 Å². The van der Waals surface area contributed by atoms with Crippen molar-refractivity contribution in [3.05, 3.63) is 65.9 Å². The van der Waals surface area contributed by atoms with Gasteiger partial charge in [-0.3, -0.25) is 4.79 Å². The van der Waals surface area contributed by atoms with Crippen LogP contribution in [0.1, 0.15) is 27.7 Å². The van der Waals surface area contributed by atoms with Gasteiger partial charge in [0.15, 0.2) is 11.5 Å². The van der Waals surface area contributed by atoms with Crippen LogP contribution in [0.25, 0.3) is 5.82 Å². The van der Waals surface area contributed by atoms with Crippen LogP contribution in [-0.2, 0) is 10.9 Å². The summed E-state index contributed by atoms with van der Waals surface area (Å²) in [5, 5.41) is 9.97. The molecule has 3 aromatic rings. The minimum Gasteiger partial charge on any atom is -0.371 e. The molecule has 0 saturated carbocycles. The Morgan fingerprint density at radius 3 is 2.60 bits per heavy atom. The largest absolute Gasteiger partial charge is 0.434 e. The number of nitrogens with zero attached hydrogens (tertiary/aromatic N) is 4. The second-order valence-electron chi connectivity index (χ2n) is 6.57. The third-order valence-corrected chi connectivity index (χ3v) is 4.48. The molecule has 1 amide bonds. The number of carbonyl (C=O) groups is 1. The fourth-order valence-electron chi connectivity index (χ4n) is 2.92. The molecular formula is C19H17F3N6O2. The van der Waals surface area contributed by atoms with Crippen LogP contribution in [0.15, 0.2) is 49.1 Å². The summed E-state index contributed by atoms with van der Waals surface area (Å²) in [6.07, 6.45) is -0.378. The summed E-state index contributed by atoms with van der Waals surface area (Å²) in [5.41, 5.74) is 0.721. The molecule has 1 unspecified atom stereocenters. The quantitative estimate of drug-likeness (QED) is 0.677. The highest BCUT2D eigenvalue weighted by Crippen LogP contribution is 2.26. The van der Waals surface area contributed by atoms with Crippen LogP contribution >= 0.6 is 0 Å². The first-order valence-corrected chi connectivity index (χ1v) is 9.08. The Balaban J connectivity index is 1.41. The van der Waals surface area contributed by atoms with Gasteiger partial charge in [0, 0.05) is 25.0 Å². The molecule has 4 rings (SSSR count). The van der Waals surface area contributed by atoms with Crippen LogP contribution in [0.5, 0.6) is 0 Å². The van der Waals surface area contributed by atoms with E-state index in [2.05, 4.69) is 25.7 Å². The van der Waals surface area contributed by atoms with Gasteiger partial charge in [0.1, 0.15) is 0 Å². The number of aromatic nitrogens is 4. The van der Waals surface area contributed by atoms with Crippen molar-refractivity contribution in [3.63, 3.8) is 0 Å². The molecule has 0 aliphatic carbocycles. The van der Waals surface area contributed by atoms with Gasteiger partial charge in [-0.05, 0) is 17.7 Å². The lowest BCUT2D eigenvalue weighted by atomic mass is 10.1. The van der Waals surface area contributed by atoms with Crippen LogP contribution in [0, 0.1) is 0 Å². The molecule has 1 aliphatic heterocycles. The Bertz CT molecular complexity index is 1010. The van der Waals surface area contributed by atoms with Crippen LogP contribution in [0.2, 0.25) is 0 Å². The summed E-state index contributed by atoms with van der Waals surface area (Å²) >= 11 is 0. The molecule has 2 aromatic heterocycles. The maximum atomic E-state index is 12.6. The first-order valence-electron chi connectivity index (χ1n) is 9.08. The van der Waals surface area contributed by atoms with Gasteiger partial charge in [-0.1, -0.05) is 12.1 Å². The smallest absolute Gasteiger partial charge is 0.371 e. The second-order valence-corrected chi connectivity index (χ2v) is 6.57. The van der Waals surface area contributed by atoms with Crippen LogP contribution in [-0.4, -0.2) is 45.4 Å². The Morgan fingerprint density at radius 2 is 1.97 bits per heavy atom. The lowest BCUT2D eigenvalue weighted by molar-refractivity contribution is -0.141. The summed E-state index contributed by atoms with van der Waals surface area (Å²) in [7, 11) is 0. The monoisotopic (exact) mass is 418 g/mol. The van der Waals surface area contributed by atoms with E-state index in [0.29, 0.717) is 18.5 Å². The number of hydrogen-bond donors (Lipinski definition) is 2. The van der Waals surface area contributed by atoms with E-state index in [0.717, 1.165) is 24.8 Å². The average Bonchev–Trinajstić information content (AvgIpc) is 3.25. The van der Waals surface area contributed by atoms with E-state index >= 15 is 0 Å². The van der Waals surface area contributed by atoms with Gasteiger partial charge in [-0.25, -0.2) is 14.6 Å². The summed E-state index contributed by atoms with van der Waals surface area (Å²) in [5.74, 6) is -0.350. The van der Waals surface area contributed by atoms with E-state index in [4.69, 9.17) is 4.74 Å². The topological polar surface area (TPSA) is 94.0 Å². The molecule has 1 saturated heterocycles. The van der Waals surface area contributed by atoms with Gasteiger partial charge in [0.2, 0.25) is 0 Å². The number of benzene rings is 1. The van der Waals surface area contributed by atoms with Crippen molar-refractivity contribution < 1.29 is 22.7 Å². The zero-order valence-electron chi connectivity index (χ0n) is 15.6. The summed E-state index contributed by atoms with van der Waals surface area (Å²) < 4.78 is 44.6. The van der Waals surface area contributed by atoms with Gasteiger partial charge < -0.3 is 15.4 Å². The molecule has 11 heteroatoms. The molecule has 8 nitrogen and oxygen atoms in total. The summed E-state index contributed by atoms with van der Waals surface area (Å²) in [6.45, 7) is 2.21. The Hall–Kier alpha value is -3.31. The highest BCUT2D eigenvalue weighted by molar-refractivity contribution is 6.03. The normalized spacial score (nSPS) is 17.0. The predicted molar refractivity (Wildman–Crippen MR) is 100 cm³/mol. The van der Waals surface area contributed by atoms with E-state index < -0.39 is 17.8 Å². The molecule has 0 radical (unpaired) electrons. The standard InChI is InChI=1S/C19H17F3N6O2/c20-19(21,22)16-9-25-17(10-24-16)28-11-13(7-26-28)18(29)27-14-3-1-12(2-4-14)15-8-23-5-6-30-15/h1-4,7,9-11,15,23H,5-6,8H2,(H,27,29). The number of alkyl halides is 3. The number of hydrogen-bond acceptors (Lipinski definition) is 6. The number of rotatable bonds is 4. The number of anilines is 1. The summed E-state index contributed by atoms with van der Waals surface area (Å²) in [4.78, 5) is 19.5. The SMILES string of the molecule is O=C(Nc1ccc(C2CNCCO2)cc1)c1cnn(-c2cnc(C(F)(F)F)cn2)c1. The van der Waals surface area contributed by atoms with Crippen molar-refractivity contribution >= 4 is 11.6 Å².